The van der Waals surface area contributed by atoms with Crippen LogP contribution in [0.1, 0.15) is 31.7 Å². The molecule has 1 heterocycles. The molecule has 1 aromatic carbocycles. The maximum absolute atomic E-state index is 12.3. The molecule has 0 aromatic heterocycles. The Hall–Kier alpha value is -1.23. The zero-order chi connectivity index (χ0) is 19.8. The average Bonchev–Trinajstić information content (AvgIpc) is 2.65. The van der Waals surface area contributed by atoms with Crippen LogP contribution in [0.4, 0.5) is 13.2 Å². The number of rotatable bonds is 7. The van der Waals surface area contributed by atoms with Gasteiger partial charge in [-0.05, 0) is 37.5 Å². The van der Waals surface area contributed by atoms with Gasteiger partial charge in [0.2, 0.25) is 0 Å². The molecule has 2 N–H and O–H groups in total. The van der Waals surface area contributed by atoms with Crippen molar-refractivity contribution in [2.45, 2.75) is 37.8 Å². The largest absolute Gasteiger partial charge is 0.494 e. The van der Waals surface area contributed by atoms with Crippen LogP contribution < -0.4 is 15.4 Å². The van der Waals surface area contributed by atoms with E-state index in [4.69, 9.17) is 9.47 Å². The maximum Gasteiger partial charge on any atom is 0.390 e. The fourth-order valence-electron chi connectivity index (χ4n) is 3.20. The molecule has 0 radical (unpaired) electrons. The van der Waals surface area contributed by atoms with Crippen molar-refractivity contribution in [3.05, 3.63) is 29.8 Å². The van der Waals surface area contributed by atoms with Gasteiger partial charge in [0.15, 0.2) is 5.96 Å². The van der Waals surface area contributed by atoms with Crippen LogP contribution in [0, 0.1) is 0 Å². The minimum atomic E-state index is -4.18. The second-order valence-electron chi connectivity index (χ2n) is 6.57. The molecule has 1 aliphatic rings. The van der Waals surface area contributed by atoms with E-state index in [9.17, 15) is 13.2 Å². The number of ether oxygens (including phenoxy) is 2. The molecule has 5 nitrogen and oxygen atoms in total. The Kier molecular flexibility index (Phi) is 10.4. The monoisotopic (exact) mass is 515 g/mol. The Labute approximate surface area is 181 Å². The Morgan fingerprint density at radius 3 is 2.36 bits per heavy atom. The average molecular weight is 515 g/mol. The fraction of sp³-hybridized carbons (Fsp3) is 0.632. The van der Waals surface area contributed by atoms with Crippen molar-refractivity contribution in [3.63, 3.8) is 0 Å². The van der Waals surface area contributed by atoms with Gasteiger partial charge in [-0.1, -0.05) is 12.1 Å². The first-order valence-corrected chi connectivity index (χ1v) is 9.21. The molecule has 9 heteroatoms. The SMILES string of the molecule is CCOc1ccc(C2(CNC(=NC)NCCC(F)(F)F)CCOCC2)cc1.I. The van der Waals surface area contributed by atoms with Gasteiger partial charge in [-0.3, -0.25) is 4.99 Å². The Morgan fingerprint density at radius 2 is 1.82 bits per heavy atom. The Morgan fingerprint density at radius 1 is 1.18 bits per heavy atom. The molecule has 1 fully saturated rings. The second kappa shape index (κ2) is 11.7. The number of alkyl halides is 3. The molecular formula is C19H29F3IN3O2. The highest BCUT2D eigenvalue weighted by Crippen LogP contribution is 2.35. The molecule has 2 rings (SSSR count). The molecule has 1 saturated heterocycles. The quantitative estimate of drug-likeness (QED) is 0.329. The molecule has 0 amide bonds. The molecule has 0 saturated carbocycles. The van der Waals surface area contributed by atoms with Crippen molar-refractivity contribution < 1.29 is 22.6 Å². The lowest BCUT2D eigenvalue weighted by atomic mass is 9.74. The molecule has 1 aromatic rings. The fourth-order valence-corrected chi connectivity index (χ4v) is 3.20. The van der Waals surface area contributed by atoms with E-state index < -0.39 is 12.6 Å². The van der Waals surface area contributed by atoms with Gasteiger partial charge in [0.25, 0.3) is 0 Å². The third-order valence-corrected chi connectivity index (χ3v) is 4.75. The molecule has 0 atom stereocenters. The molecular weight excluding hydrogens is 486 g/mol. The smallest absolute Gasteiger partial charge is 0.390 e. The van der Waals surface area contributed by atoms with Crippen LogP contribution in [0.25, 0.3) is 0 Å². The predicted molar refractivity (Wildman–Crippen MR) is 115 cm³/mol. The zero-order valence-corrected chi connectivity index (χ0v) is 18.6. The van der Waals surface area contributed by atoms with Crippen LogP contribution in [0.2, 0.25) is 0 Å². The molecule has 0 aliphatic carbocycles. The van der Waals surface area contributed by atoms with Gasteiger partial charge in [0.1, 0.15) is 5.75 Å². The summed E-state index contributed by atoms with van der Waals surface area (Å²) in [5, 5.41) is 5.92. The lowest BCUT2D eigenvalue weighted by Crippen LogP contribution is -2.48. The second-order valence-corrected chi connectivity index (χ2v) is 6.57. The van der Waals surface area contributed by atoms with Gasteiger partial charge in [0.05, 0.1) is 13.0 Å². The van der Waals surface area contributed by atoms with E-state index >= 15 is 0 Å². The first-order valence-electron chi connectivity index (χ1n) is 9.21. The van der Waals surface area contributed by atoms with E-state index in [0.29, 0.717) is 32.3 Å². The normalized spacial score (nSPS) is 16.8. The van der Waals surface area contributed by atoms with Crippen molar-refractivity contribution in [1.29, 1.82) is 0 Å². The van der Waals surface area contributed by atoms with Crippen molar-refractivity contribution >= 4 is 29.9 Å². The first kappa shape index (κ1) is 24.8. The zero-order valence-electron chi connectivity index (χ0n) is 16.3. The van der Waals surface area contributed by atoms with Gasteiger partial charge in [-0.15, -0.1) is 24.0 Å². The van der Waals surface area contributed by atoms with Crippen molar-refractivity contribution in [2.24, 2.45) is 4.99 Å². The highest BCUT2D eigenvalue weighted by molar-refractivity contribution is 14.0. The van der Waals surface area contributed by atoms with Gasteiger partial charge in [0, 0.05) is 38.8 Å². The van der Waals surface area contributed by atoms with E-state index in [-0.39, 0.29) is 35.9 Å². The Balaban J connectivity index is 0.00000392. The minimum Gasteiger partial charge on any atom is -0.494 e. The highest BCUT2D eigenvalue weighted by Gasteiger charge is 2.35. The topological polar surface area (TPSA) is 54.9 Å². The van der Waals surface area contributed by atoms with Gasteiger partial charge in [-0.2, -0.15) is 13.2 Å². The molecule has 28 heavy (non-hydrogen) atoms. The van der Waals surface area contributed by atoms with Crippen LogP contribution >= 0.6 is 24.0 Å². The predicted octanol–water partition coefficient (Wildman–Crippen LogP) is 3.87. The van der Waals surface area contributed by atoms with Crippen molar-refractivity contribution in [3.8, 4) is 5.75 Å². The molecule has 1 aliphatic heterocycles. The maximum atomic E-state index is 12.3. The standard InChI is InChI=1S/C19H28F3N3O2.HI/c1-3-27-16-6-4-15(5-7-16)18(9-12-26-13-10-18)14-25-17(23-2)24-11-8-19(20,21)22;/h4-7H,3,8-14H2,1-2H3,(H2,23,24,25);1H. The number of hydrogen-bond donors (Lipinski definition) is 2. The Bertz CT molecular complexity index is 603. The van der Waals surface area contributed by atoms with E-state index in [1.54, 1.807) is 7.05 Å². The van der Waals surface area contributed by atoms with E-state index in [2.05, 4.69) is 27.8 Å². The summed E-state index contributed by atoms with van der Waals surface area (Å²) < 4.78 is 48.0. The third kappa shape index (κ3) is 7.65. The summed E-state index contributed by atoms with van der Waals surface area (Å²) in [5.74, 6) is 1.19. The summed E-state index contributed by atoms with van der Waals surface area (Å²) >= 11 is 0. The van der Waals surface area contributed by atoms with Crippen LogP contribution in [0.3, 0.4) is 0 Å². The van der Waals surface area contributed by atoms with Gasteiger partial charge in [-0.25, -0.2) is 0 Å². The van der Waals surface area contributed by atoms with Gasteiger partial charge >= 0.3 is 6.18 Å². The van der Waals surface area contributed by atoms with Crippen LogP contribution in [-0.2, 0) is 10.2 Å². The summed E-state index contributed by atoms with van der Waals surface area (Å²) in [6, 6.07) is 8.01. The summed E-state index contributed by atoms with van der Waals surface area (Å²) in [4.78, 5) is 4.03. The molecule has 160 valence electrons. The first-order chi connectivity index (χ1) is 12.9. The summed E-state index contributed by atoms with van der Waals surface area (Å²) in [6.07, 6.45) is -3.43. The highest BCUT2D eigenvalue weighted by atomic mass is 127. The number of halogens is 4. The van der Waals surface area contributed by atoms with Gasteiger partial charge < -0.3 is 20.1 Å². The van der Waals surface area contributed by atoms with E-state index in [0.717, 1.165) is 24.2 Å². The van der Waals surface area contributed by atoms with E-state index in [1.807, 2.05) is 19.1 Å². The van der Waals surface area contributed by atoms with Crippen molar-refractivity contribution in [1.82, 2.24) is 10.6 Å². The number of benzene rings is 1. The number of nitrogens with zero attached hydrogens (tertiary/aromatic N) is 1. The lowest BCUT2D eigenvalue weighted by molar-refractivity contribution is -0.132. The van der Waals surface area contributed by atoms with Crippen LogP contribution in [-0.4, -0.2) is 52.1 Å². The number of aliphatic imine (C=N–C) groups is 1. The van der Waals surface area contributed by atoms with Crippen LogP contribution in [0.15, 0.2) is 29.3 Å². The number of guanidine groups is 1. The van der Waals surface area contributed by atoms with Crippen molar-refractivity contribution in [2.75, 3.05) is 40.0 Å². The molecule has 0 spiro atoms. The molecule has 0 bridgehead atoms. The summed E-state index contributed by atoms with van der Waals surface area (Å²) in [7, 11) is 1.55. The van der Waals surface area contributed by atoms with E-state index in [1.165, 1.54) is 0 Å². The number of nitrogens with one attached hydrogen (secondary N) is 2. The summed E-state index contributed by atoms with van der Waals surface area (Å²) in [5.41, 5.74) is 0.998. The third-order valence-electron chi connectivity index (χ3n) is 4.75. The molecule has 0 unspecified atom stereocenters. The summed E-state index contributed by atoms with van der Waals surface area (Å²) in [6.45, 7) is 4.21. The number of hydrogen-bond acceptors (Lipinski definition) is 3. The minimum absolute atomic E-state index is 0. The van der Waals surface area contributed by atoms with Crippen LogP contribution in [0.5, 0.6) is 5.75 Å². The lowest BCUT2D eigenvalue weighted by Gasteiger charge is -2.38.